The fraction of sp³-hybridized carbons (Fsp3) is 0.611. The summed E-state index contributed by atoms with van der Waals surface area (Å²) in [6.45, 7) is 0.608. The molecule has 0 aliphatic heterocycles. The van der Waals surface area contributed by atoms with Crippen LogP contribution >= 0.6 is 0 Å². The molecule has 1 aromatic rings. The van der Waals surface area contributed by atoms with Gasteiger partial charge in [0.2, 0.25) is 5.91 Å². The van der Waals surface area contributed by atoms with Gasteiger partial charge in [0.1, 0.15) is 0 Å². The van der Waals surface area contributed by atoms with Crippen LogP contribution in [0.3, 0.4) is 0 Å². The molecule has 1 aromatic carbocycles. The molecule has 0 saturated heterocycles. The summed E-state index contributed by atoms with van der Waals surface area (Å²) in [6, 6.07) is 10.6. The van der Waals surface area contributed by atoms with Crippen LogP contribution in [0.5, 0.6) is 0 Å². The van der Waals surface area contributed by atoms with Gasteiger partial charge in [0.15, 0.2) is 0 Å². The smallest absolute Gasteiger partial charge is 0.222 e. The first-order valence-corrected chi connectivity index (χ1v) is 8.18. The van der Waals surface area contributed by atoms with E-state index in [1.165, 1.54) is 5.56 Å². The zero-order valence-corrected chi connectivity index (χ0v) is 13.7. The van der Waals surface area contributed by atoms with E-state index in [4.69, 9.17) is 0 Å². The SMILES string of the molecule is CN(C)C(CNC(=O)CC1(O)CCCC1)Cc1ccccc1. The fourth-order valence-corrected chi connectivity index (χ4v) is 3.13. The average molecular weight is 304 g/mol. The summed E-state index contributed by atoms with van der Waals surface area (Å²) in [5.41, 5.74) is 0.502. The van der Waals surface area contributed by atoms with E-state index in [9.17, 15) is 9.90 Å². The molecule has 0 aromatic heterocycles. The van der Waals surface area contributed by atoms with Crippen molar-refractivity contribution in [2.75, 3.05) is 20.6 Å². The van der Waals surface area contributed by atoms with Gasteiger partial charge >= 0.3 is 0 Å². The number of hydrogen-bond donors (Lipinski definition) is 2. The van der Waals surface area contributed by atoms with Gasteiger partial charge in [0.05, 0.1) is 12.0 Å². The van der Waals surface area contributed by atoms with Crippen molar-refractivity contribution in [2.24, 2.45) is 0 Å². The Labute approximate surface area is 133 Å². The molecule has 4 heteroatoms. The number of nitrogens with one attached hydrogen (secondary N) is 1. The number of carbonyl (C=O) groups excluding carboxylic acids is 1. The van der Waals surface area contributed by atoms with E-state index in [2.05, 4.69) is 22.3 Å². The average Bonchev–Trinajstić information content (AvgIpc) is 2.90. The lowest BCUT2D eigenvalue weighted by Crippen LogP contribution is -2.43. The standard InChI is InChI=1S/C18H28N2O2/c1-20(2)16(12-15-8-4-3-5-9-15)14-19-17(21)13-18(22)10-6-7-11-18/h3-5,8-9,16,22H,6-7,10-14H2,1-2H3,(H,19,21). The van der Waals surface area contributed by atoms with Crippen molar-refractivity contribution < 1.29 is 9.90 Å². The molecule has 1 aliphatic rings. The molecule has 2 rings (SSSR count). The number of nitrogens with zero attached hydrogens (tertiary/aromatic N) is 1. The Morgan fingerprint density at radius 2 is 1.91 bits per heavy atom. The van der Waals surface area contributed by atoms with Gasteiger partial charge < -0.3 is 15.3 Å². The molecule has 1 unspecified atom stereocenters. The zero-order valence-electron chi connectivity index (χ0n) is 13.7. The molecule has 0 bridgehead atoms. The van der Waals surface area contributed by atoms with E-state index in [0.29, 0.717) is 6.54 Å². The molecule has 22 heavy (non-hydrogen) atoms. The molecule has 1 amide bonds. The summed E-state index contributed by atoms with van der Waals surface area (Å²) in [5, 5.41) is 13.3. The topological polar surface area (TPSA) is 52.6 Å². The third kappa shape index (κ3) is 5.11. The van der Waals surface area contributed by atoms with Crippen LogP contribution < -0.4 is 5.32 Å². The first-order valence-electron chi connectivity index (χ1n) is 8.18. The number of hydrogen-bond acceptors (Lipinski definition) is 3. The Hall–Kier alpha value is -1.39. The number of amides is 1. The highest BCUT2D eigenvalue weighted by Gasteiger charge is 2.33. The maximum absolute atomic E-state index is 12.1. The molecule has 0 radical (unpaired) electrons. The maximum atomic E-state index is 12.1. The summed E-state index contributed by atoms with van der Waals surface area (Å²) in [6.07, 6.45) is 4.69. The van der Waals surface area contributed by atoms with E-state index in [0.717, 1.165) is 32.1 Å². The molecule has 122 valence electrons. The Kier molecular flexibility index (Phi) is 5.98. The van der Waals surface area contributed by atoms with Crippen molar-refractivity contribution in [1.29, 1.82) is 0 Å². The molecule has 4 nitrogen and oxygen atoms in total. The molecular weight excluding hydrogens is 276 g/mol. The molecule has 0 heterocycles. The minimum atomic E-state index is -0.767. The van der Waals surface area contributed by atoms with Crippen LogP contribution in [0.25, 0.3) is 0 Å². The molecule has 1 atom stereocenters. The first kappa shape index (κ1) is 17.0. The molecule has 1 saturated carbocycles. The van der Waals surface area contributed by atoms with Crippen molar-refractivity contribution in [2.45, 2.75) is 50.2 Å². The summed E-state index contributed by atoms with van der Waals surface area (Å²) in [7, 11) is 4.06. The van der Waals surface area contributed by atoms with Crippen LogP contribution in [-0.4, -0.2) is 48.2 Å². The van der Waals surface area contributed by atoms with E-state index < -0.39 is 5.60 Å². The highest BCUT2D eigenvalue weighted by Crippen LogP contribution is 2.32. The lowest BCUT2D eigenvalue weighted by molar-refractivity contribution is -0.126. The lowest BCUT2D eigenvalue weighted by Gasteiger charge is -2.26. The third-order valence-electron chi connectivity index (χ3n) is 4.60. The van der Waals surface area contributed by atoms with Crippen molar-refractivity contribution in [3.05, 3.63) is 35.9 Å². The van der Waals surface area contributed by atoms with Crippen molar-refractivity contribution in [3.63, 3.8) is 0 Å². The molecule has 0 spiro atoms. The van der Waals surface area contributed by atoms with Gasteiger partial charge in [-0.1, -0.05) is 43.2 Å². The number of likely N-dealkylation sites (N-methyl/N-ethyl adjacent to an activating group) is 1. The molecular formula is C18H28N2O2. The normalized spacial score (nSPS) is 18.4. The Bertz CT molecular complexity index is 467. The number of rotatable bonds is 7. The van der Waals surface area contributed by atoms with E-state index in [1.807, 2.05) is 32.3 Å². The highest BCUT2D eigenvalue weighted by atomic mass is 16.3. The van der Waals surface area contributed by atoms with E-state index in [1.54, 1.807) is 0 Å². The third-order valence-corrected chi connectivity index (χ3v) is 4.60. The summed E-state index contributed by atoms with van der Waals surface area (Å²) in [5.74, 6) is -0.0377. The van der Waals surface area contributed by atoms with E-state index in [-0.39, 0.29) is 18.4 Å². The predicted molar refractivity (Wildman–Crippen MR) is 88.7 cm³/mol. The van der Waals surface area contributed by atoms with Crippen molar-refractivity contribution >= 4 is 5.91 Å². The second-order valence-electron chi connectivity index (χ2n) is 6.72. The minimum Gasteiger partial charge on any atom is -0.389 e. The largest absolute Gasteiger partial charge is 0.389 e. The summed E-state index contributed by atoms with van der Waals surface area (Å²) in [4.78, 5) is 14.2. The molecule has 2 N–H and O–H groups in total. The van der Waals surface area contributed by atoms with Gasteiger partial charge in [-0.05, 0) is 38.9 Å². The Balaban J connectivity index is 1.82. The van der Waals surface area contributed by atoms with Crippen LogP contribution in [0, 0.1) is 0 Å². The maximum Gasteiger partial charge on any atom is 0.222 e. The predicted octanol–water partition coefficient (Wildman–Crippen LogP) is 1.97. The van der Waals surface area contributed by atoms with E-state index >= 15 is 0 Å². The van der Waals surface area contributed by atoms with Gasteiger partial charge in [-0.2, -0.15) is 0 Å². The van der Waals surface area contributed by atoms with Gasteiger partial charge in [-0.25, -0.2) is 0 Å². The molecule has 1 aliphatic carbocycles. The second kappa shape index (κ2) is 7.75. The quantitative estimate of drug-likeness (QED) is 0.810. The van der Waals surface area contributed by atoms with Crippen LogP contribution in [-0.2, 0) is 11.2 Å². The number of aliphatic hydroxyl groups is 1. The van der Waals surface area contributed by atoms with Crippen LogP contribution in [0.15, 0.2) is 30.3 Å². The van der Waals surface area contributed by atoms with Crippen molar-refractivity contribution in [3.8, 4) is 0 Å². The van der Waals surface area contributed by atoms with Gasteiger partial charge in [0, 0.05) is 12.6 Å². The first-order chi connectivity index (χ1) is 10.5. The van der Waals surface area contributed by atoms with Crippen molar-refractivity contribution in [1.82, 2.24) is 10.2 Å². The van der Waals surface area contributed by atoms with Gasteiger partial charge in [0.25, 0.3) is 0 Å². The van der Waals surface area contributed by atoms with Crippen LogP contribution in [0.2, 0.25) is 0 Å². The molecule has 1 fully saturated rings. The summed E-state index contributed by atoms with van der Waals surface area (Å²) < 4.78 is 0. The monoisotopic (exact) mass is 304 g/mol. The fourth-order valence-electron chi connectivity index (χ4n) is 3.13. The Morgan fingerprint density at radius 3 is 2.50 bits per heavy atom. The number of benzene rings is 1. The lowest BCUT2D eigenvalue weighted by atomic mass is 9.97. The number of carbonyl (C=O) groups is 1. The van der Waals surface area contributed by atoms with Crippen LogP contribution in [0.1, 0.15) is 37.7 Å². The summed E-state index contributed by atoms with van der Waals surface area (Å²) >= 11 is 0. The second-order valence-corrected chi connectivity index (χ2v) is 6.72. The minimum absolute atomic E-state index is 0.0377. The van der Waals surface area contributed by atoms with Gasteiger partial charge in [-0.3, -0.25) is 4.79 Å². The highest BCUT2D eigenvalue weighted by molar-refractivity contribution is 5.77. The van der Waals surface area contributed by atoms with Gasteiger partial charge in [-0.15, -0.1) is 0 Å². The zero-order chi connectivity index (χ0) is 16.0. The van der Waals surface area contributed by atoms with Crippen LogP contribution in [0.4, 0.5) is 0 Å². The Morgan fingerprint density at radius 1 is 1.27 bits per heavy atom.